The molecule has 0 fully saturated rings. The number of carbonyl (C=O) groups is 1. The van der Waals surface area contributed by atoms with Crippen LogP contribution in [-0.4, -0.2) is 36.0 Å². The zero-order valence-electron chi connectivity index (χ0n) is 8.82. The highest BCUT2D eigenvalue weighted by molar-refractivity contribution is 5.66. The topological polar surface area (TPSA) is 106 Å². The van der Waals surface area contributed by atoms with Crippen LogP contribution in [0, 0.1) is 0 Å². The second-order valence-electron chi connectivity index (χ2n) is 3.25. The Hall–Kier alpha value is -2.51. The smallest absolute Gasteiger partial charge is 0.325 e. The van der Waals surface area contributed by atoms with Gasteiger partial charge in [-0.2, -0.15) is 0 Å². The molecule has 88 valence electrons. The summed E-state index contributed by atoms with van der Waals surface area (Å²) >= 11 is 0. The van der Waals surface area contributed by atoms with E-state index in [4.69, 9.17) is 5.11 Å². The van der Waals surface area contributed by atoms with E-state index >= 15 is 0 Å². The molecule has 2 N–H and O–H groups in total. The van der Waals surface area contributed by atoms with E-state index in [-0.39, 0.29) is 6.54 Å². The first-order valence-electron chi connectivity index (χ1n) is 4.85. The van der Waals surface area contributed by atoms with E-state index in [1.807, 2.05) is 0 Å². The lowest BCUT2D eigenvalue weighted by molar-refractivity contribution is -0.137. The van der Waals surface area contributed by atoms with Crippen molar-refractivity contribution in [3.05, 3.63) is 30.5 Å². The zero-order valence-corrected chi connectivity index (χ0v) is 8.82. The Morgan fingerprint density at radius 2 is 2.35 bits per heavy atom. The fourth-order valence-electron chi connectivity index (χ4n) is 1.21. The second kappa shape index (κ2) is 5.01. The number of aromatic nitrogens is 5. The minimum Gasteiger partial charge on any atom is -0.480 e. The maximum absolute atomic E-state index is 10.4. The third-order valence-electron chi connectivity index (χ3n) is 1.90. The first-order chi connectivity index (χ1) is 8.24. The molecular formula is C9H10N6O2. The van der Waals surface area contributed by atoms with Crippen LogP contribution in [0.1, 0.15) is 5.69 Å². The number of rotatable bonds is 5. The molecule has 17 heavy (non-hydrogen) atoms. The highest BCUT2D eigenvalue weighted by Crippen LogP contribution is 2.01. The Morgan fingerprint density at radius 1 is 1.47 bits per heavy atom. The Bertz CT molecular complexity index is 497. The lowest BCUT2D eigenvalue weighted by Crippen LogP contribution is -2.09. The normalized spacial score (nSPS) is 10.1. The van der Waals surface area contributed by atoms with Crippen LogP contribution in [0.15, 0.2) is 24.8 Å². The van der Waals surface area contributed by atoms with E-state index in [2.05, 4.69) is 25.6 Å². The van der Waals surface area contributed by atoms with Crippen molar-refractivity contribution in [2.24, 2.45) is 0 Å². The van der Waals surface area contributed by atoms with Crippen LogP contribution in [0.5, 0.6) is 0 Å². The Kier molecular flexibility index (Phi) is 3.24. The monoisotopic (exact) mass is 234 g/mol. The maximum Gasteiger partial charge on any atom is 0.325 e. The summed E-state index contributed by atoms with van der Waals surface area (Å²) in [5.74, 6) is -0.330. The molecule has 2 heterocycles. The summed E-state index contributed by atoms with van der Waals surface area (Å²) in [6, 6.07) is 0. The molecule has 2 rings (SSSR count). The summed E-state index contributed by atoms with van der Waals surface area (Å²) in [7, 11) is 0. The molecule has 2 aromatic heterocycles. The van der Waals surface area contributed by atoms with Gasteiger partial charge in [-0.1, -0.05) is 5.21 Å². The molecule has 0 unspecified atom stereocenters. The van der Waals surface area contributed by atoms with Crippen LogP contribution in [0.3, 0.4) is 0 Å². The summed E-state index contributed by atoms with van der Waals surface area (Å²) in [4.78, 5) is 18.4. The van der Waals surface area contributed by atoms with Gasteiger partial charge in [-0.25, -0.2) is 9.67 Å². The fourth-order valence-corrected chi connectivity index (χ4v) is 1.21. The van der Waals surface area contributed by atoms with Crippen LogP contribution >= 0.6 is 0 Å². The number of aliphatic carboxylic acids is 1. The van der Waals surface area contributed by atoms with Crippen molar-refractivity contribution in [1.29, 1.82) is 0 Å². The van der Waals surface area contributed by atoms with E-state index in [0.29, 0.717) is 18.1 Å². The molecule has 0 bridgehead atoms. The van der Waals surface area contributed by atoms with E-state index in [9.17, 15) is 4.79 Å². The van der Waals surface area contributed by atoms with Crippen molar-refractivity contribution < 1.29 is 9.90 Å². The number of carboxylic acids is 1. The van der Waals surface area contributed by atoms with Gasteiger partial charge in [0.2, 0.25) is 0 Å². The number of nitrogens with zero attached hydrogens (tertiary/aromatic N) is 5. The molecule has 0 radical (unpaired) electrons. The van der Waals surface area contributed by atoms with Gasteiger partial charge in [0.25, 0.3) is 0 Å². The van der Waals surface area contributed by atoms with Gasteiger partial charge in [-0.05, 0) is 0 Å². The van der Waals surface area contributed by atoms with Gasteiger partial charge in [0.15, 0.2) is 0 Å². The SMILES string of the molecule is O=C(O)Cn1cc(CNc2cnccn2)nn1. The van der Waals surface area contributed by atoms with Crippen molar-refractivity contribution in [3.8, 4) is 0 Å². The summed E-state index contributed by atoms with van der Waals surface area (Å²) in [5, 5.41) is 19.1. The number of nitrogens with one attached hydrogen (secondary N) is 1. The van der Waals surface area contributed by atoms with Crippen LogP contribution in [0.2, 0.25) is 0 Å². The summed E-state index contributed by atoms with van der Waals surface area (Å²) < 4.78 is 1.26. The van der Waals surface area contributed by atoms with Crippen LogP contribution in [0.4, 0.5) is 5.82 Å². The average molecular weight is 234 g/mol. The zero-order chi connectivity index (χ0) is 12.1. The molecule has 0 aromatic carbocycles. The van der Waals surface area contributed by atoms with E-state index in [1.165, 1.54) is 4.68 Å². The van der Waals surface area contributed by atoms with Crippen molar-refractivity contribution in [1.82, 2.24) is 25.0 Å². The first-order valence-corrected chi connectivity index (χ1v) is 4.85. The van der Waals surface area contributed by atoms with Crippen LogP contribution in [0.25, 0.3) is 0 Å². The molecule has 0 aliphatic heterocycles. The minimum atomic E-state index is -0.955. The quantitative estimate of drug-likeness (QED) is 0.735. The maximum atomic E-state index is 10.4. The lowest BCUT2D eigenvalue weighted by atomic mass is 10.4. The van der Waals surface area contributed by atoms with Crippen molar-refractivity contribution in [3.63, 3.8) is 0 Å². The highest BCUT2D eigenvalue weighted by atomic mass is 16.4. The number of hydrogen-bond acceptors (Lipinski definition) is 6. The van der Waals surface area contributed by atoms with Gasteiger partial charge in [-0.15, -0.1) is 5.10 Å². The van der Waals surface area contributed by atoms with Gasteiger partial charge in [-0.3, -0.25) is 9.78 Å². The standard InChI is InChI=1S/C9H10N6O2/c16-9(17)6-15-5-7(13-14-15)3-12-8-4-10-1-2-11-8/h1-2,4-5H,3,6H2,(H,11,12)(H,16,17). The first kappa shape index (κ1) is 11.0. The predicted octanol–water partition coefficient (Wildman–Crippen LogP) is -0.235. The lowest BCUT2D eigenvalue weighted by Gasteiger charge is -2.00. The van der Waals surface area contributed by atoms with Gasteiger partial charge < -0.3 is 10.4 Å². The van der Waals surface area contributed by atoms with Gasteiger partial charge in [0.1, 0.15) is 18.1 Å². The molecule has 0 amide bonds. The van der Waals surface area contributed by atoms with Crippen molar-refractivity contribution in [2.75, 3.05) is 5.32 Å². The van der Waals surface area contributed by atoms with E-state index in [0.717, 1.165) is 0 Å². The van der Waals surface area contributed by atoms with Gasteiger partial charge >= 0.3 is 5.97 Å². The molecule has 2 aromatic rings. The Morgan fingerprint density at radius 3 is 3.06 bits per heavy atom. The predicted molar refractivity (Wildman–Crippen MR) is 57.0 cm³/mol. The van der Waals surface area contributed by atoms with Crippen LogP contribution < -0.4 is 5.32 Å². The van der Waals surface area contributed by atoms with Gasteiger partial charge in [0, 0.05) is 12.4 Å². The highest BCUT2D eigenvalue weighted by Gasteiger charge is 2.04. The third kappa shape index (κ3) is 3.23. The number of carboxylic acid groups (broad SMARTS) is 1. The summed E-state index contributed by atoms with van der Waals surface area (Å²) in [6.07, 6.45) is 6.30. The van der Waals surface area contributed by atoms with E-state index < -0.39 is 5.97 Å². The molecule has 8 heteroatoms. The minimum absolute atomic E-state index is 0.196. The molecule has 0 saturated heterocycles. The molecule has 8 nitrogen and oxygen atoms in total. The summed E-state index contributed by atoms with van der Waals surface area (Å²) in [6.45, 7) is 0.219. The molecule has 0 atom stereocenters. The van der Waals surface area contributed by atoms with Crippen LogP contribution in [-0.2, 0) is 17.9 Å². The molecule has 0 spiro atoms. The third-order valence-corrected chi connectivity index (χ3v) is 1.90. The molecule has 0 saturated carbocycles. The second-order valence-corrected chi connectivity index (χ2v) is 3.25. The molecular weight excluding hydrogens is 224 g/mol. The van der Waals surface area contributed by atoms with Crippen molar-refractivity contribution >= 4 is 11.8 Å². The van der Waals surface area contributed by atoms with E-state index in [1.54, 1.807) is 24.8 Å². The molecule has 0 aliphatic rings. The summed E-state index contributed by atoms with van der Waals surface area (Å²) in [5.41, 5.74) is 0.636. The van der Waals surface area contributed by atoms with Gasteiger partial charge in [0.05, 0.1) is 18.9 Å². The average Bonchev–Trinajstić information content (AvgIpc) is 2.75. The number of anilines is 1. The largest absolute Gasteiger partial charge is 0.480 e. The Labute approximate surface area is 96.3 Å². The number of hydrogen-bond donors (Lipinski definition) is 2. The Balaban J connectivity index is 1.91. The fraction of sp³-hybridized carbons (Fsp3) is 0.222. The van der Waals surface area contributed by atoms with Crippen molar-refractivity contribution in [2.45, 2.75) is 13.1 Å². The molecule has 0 aliphatic carbocycles.